The molecule has 1 fully saturated rings. The molecule has 6 heteroatoms. The molecule has 1 aromatic carbocycles. The molecule has 1 aliphatic heterocycles. The molecule has 0 saturated carbocycles. The number of hydrogen-bond acceptors (Lipinski definition) is 3. The Balaban J connectivity index is 2.19. The molecule has 0 amide bonds. The van der Waals surface area contributed by atoms with Crippen LogP contribution in [0.1, 0.15) is 32.6 Å². The van der Waals surface area contributed by atoms with E-state index >= 15 is 0 Å². The second-order valence-corrected chi connectivity index (χ2v) is 7.25. The summed E-state index contributed by atoms with van der Waals surface area (Å²) in [4.78, 5) is 0.00626. The van der Waals surface area contributed by atoms with Gasteiger partial charge in [-0.2, -0.15) is 4.31 Å². The molecular weight excluding hydrogens is 293 g/mol. The van der Waals surface area contributed by atoms with Gasteiger partial charge in [0.05, 0.1) is 11.0 Å². The van der Waals surface area contributed by atoms with Crippen LogP contribution in [0.2, 0.25) is 0 Å². The number of rotatable bonds is 6. The Morgan fingerprint density at radius 1 is 1.38 bits per heavy atom. The summed E-state index contributed by atoms with van der Waals surface area (Å²) in [6.45, 7) is 3.37. The van der Waals surface area contributed by atoms with Gasteiger partial charge in [-0.1, -0.05) is 13.0 Å². The largest absolute Gasteiger partial charge is 0.377 e. The summed E-state index contributed by atoms with van der Waals surface area (Å²) in [5.74, 6) is -0.540. The van der Waals surface area contributed by atoms with Gasteiger partial charge in [0.2, 0.25) is 10.0 Å². The molecule has 0 spiro atoms. The van der Waals surface area contributed by atoms with Gasteiger partial charge in [-0.15, -0.1) is 0 Å². The van der Waals surface area contributed by atoms with E-state index in [-0.39, 0.29) is 11.0 Å². The molecule has 1 aliphatic rings. The van der Waals surface area contributed by atoms with Crippen LogP contribution < -0.4 is 0 Å². The smallest absolute Gasteiger partial charge is 0.243 e. The number of ether oxygens (including phenoxy) is 1. The maximum atomic E-state index is 13.3. The summed E-state index contributed by atoms with van der Waals surface area (Å²) >= 11 is 0. The maximum Gasteiger partial charge on any atom is 0.243 e. The highest BCUT2D eigenvalue weighted by Crippen LogP contribution is 2.20. The highest BCUT2D eigenvalue weighted by molar-refractivity contribution is 7.89. The Kier molecular flexibility index (Phi) is 5.72. The average Bonchev–Trinajstić information content (AvgIpc) is 2.48. The highest BCUT2D eigenvalue weighted by Gasteiger charge is 2.28. The minimum Gasteiger partial charge on any atom is -0.377 e. The van der Waals surface area contributed by atoms with E-state index in [1.807, 2.05) is 6.92 Å². The summed E-state index contributed by atoms with van der Waals surface area (Å²) < 4.78 is 45.6. The van der Waals surface area contributed by atoms with Crippen LogP contribution in [-0.4, -0.2) is 38.5 Å². The first-order valence-electron chi connectivity index (χ1n) is 7.41. The molecule has 1 saturated heterocycles. The molecule has 0 aromatic heterocycles. The Morgan fingerprint density at radius 3 is 2.81 bits per heavy atom. The Hall–Kier alpha value is -0.980. The lowest BCUT2D eigenvalue weighted by atomic mass is 10.1. The molecule has 0 N–H and O–H groups in total. The van der Waals surface area contributed by atoms with Crippen LogP contribution in [0.4, 0.5) is 4.39 Å². The molecule has 0 aliphatic carbocycles. The van der Waals surface area contributed by atoms with Crippen LogP contribution >= 0.6 is 0 Å². The van der Waals surface area contributed by atoms with Crippen molar-refractivity contribution < 1.29 is 17.5 Å². The van der Waals surface area contributed by atoms with Crippen molar-refractivity contribution in [2.75, 3.05) is 19.7 Å². The third-order valence-electron chi connectivity index (χ3n) is 3.59. The van der Waals surface area contributed by atoms with Gasteiger partial charge in [-0.05, 0) is 43.9 Å². The standard InChI is InChI=1S/C15H22FNO3S/c1-2-9-17(12-14-7-3-4-10-20-14)21(18,19)15-8-5-6-13(16)11-15/h5-6,8,11,14H,2-4,7,9-10,12H2,1H3. The average molecular weight is 315 g/mol. The van der Waals surface area contributed by atoms with E-state index in [9.17, 15) is 12.8 Å². The molecule has 2 rings (SSSR count). The van der Waals surface area contributed by atoms with Gasteiger partial charge in [-0.25, -0.2) is 12.8 Å². The lowest BCUT2D eigenvalue weighted by Crippen LogP contribution is -2.40. The molecule has 1 aromatic rings. The number of sulfonamides is 1. The van der Waals surface area contributed by atoms with Crippen molar-refractivity contribution >= 4 is 10.0 Å². The van der Waals surface area contributed by atoms with E-state index in [4.69, 9.17) is 4.74 Å². The third-order valence-corrected chi connectivity index (χ3v) is 5.45. The maximum absolute atomic E-state index is 13.3. The monoisotopic (exact) mass is 315 g/mol. The van der Waals surface area contributed by atoms with Gasteiger partial charge in [0.1, 0.15) is 5.82 Å². The predicted octanol–water partition coefficient (Wildman–Crippen LogP) is 2.80. The topological polar surface area (TPSA) is 46.6 Å². The predicted molar refractivity (Wildman–Crippen MR) is 79.0 cm³/mol. The Labute approximate surface area is 126 Å². The molecule has 4 nitrogen and oxygen atoms in total. The summed E-state index contributed by atoms with van der Waals surface area (Å²) in [5.41, 5.74) is 0. The van der Waals surface area contributed by atoms with Crippen LogP contribution in [0.15, 0.2) is 29.2 Å². The summed E-state index contributed by atoms with van der Waals surface area (Å²) in [6, 6.07) is 5.17. The summed E-state index contributed by atoms with van der Waals surface area (Å²) in [7, 11) is -3.67. The first kappa shape index (κ1) is 16.4. The lowest BCUT2D eigenvalue weighted by molar-refractivity contribution is 0.00624. The third kappa shape index (κ3) is 4.25. The molecule has 1 unspecified atom stereocenters. The van der Waals surface area contributed by atoms with E-state index in [2.05, 4.69) is 0 Å². The van der Waals surface area contributed by atoms with Crippen molar-refractivity contribution in [3.8, 4) is 0 Å². The fourth-order valence-electron chi connectivity index (χ4n) is 2.51. The van der Waals surface area contributed by atoms with E-state index in [1.54, 1.807) is 0 Å². The summed E-state index contributed by atoms with van der Waals surface area (Å²) in [5, 5.41) is 0. The first-order valence-corrected chi connectivity index (χ1v) is 8.85. The number of hydrogen-bond donors (Lipinski definition) is 0. The molecule has 0 bridgehead atoms. The van der Waals surface area contributed by atoms with Gasteiger partial charge < -0.3 is 4.74 Å². The van der Waals surface area contributed by atoms with Gasteiger partial charge >= 0.3 is 0 Å². The number of benzene rings is 1. The second-order valence-electron chi connectivity index (χ2n) is 5.31. The van der Waals surface area contributed by atoms with Crippen LogP contribution in [0.25, 0.3) is 0 Å². The van der Waals surface area contributed by atoms with Crippen molar-refractivity contribution in [2.45, 2.75) is 43.6 Å². The second kappa shape index (κ2) is 7.33. The zero-order valence-corrected chi connectivity index (χ0v) is 13.1. The first-order chi connectivity index (χ1) is 10.0. The quantitative estimate of drug-likeness (QED) is 0.811. The van der Waals surface area contributed by atoms with Crippen molar-refractivity contribution in [2.24, 2.45) is 0 Å². The molecule has 1 atom stereocenters. The van der Waals surface area contributed by atoms with Crippen molar-refractivity contribution in [3.05, 3.63) is 30.1 Å². The number of halogens is 1. The van der Waals surface area contributed by atoms with E-state index in [0.717, 1.165) is 25.3 Å². The number of nitrogens with zero attached hydrogens (tertiary/aromatic N) is 1. The molecule has 0 radical (unpaired) electrons. The Bertz CT molecular complexity index is 556. The Morgan fingerprint density at radius 2 is 2.19 bits per heavy atom. The molecule has 118 valence electrons. The van der Waals surface area contributed by atoms with Gasteiger partial charge in [0.25, 0.3) is 0 Å². The van der Waals surface area contributed by atoms with Crippen molar-refractivity contribution in [3.63, 3.8) is 0 Å². The summed E-state index contributed by atoms with van der Waals surface area (Å²) in [6.07, 6.45) is 3.61. The van der Waals surface area contributed by atoms with Crippen molar-refractivity contribution in [1.29, 1.82) is 0 Å². The van der Waals surface area contributed by atoms with Crippen LogP contribution in [0, 0.1) is 5.82 Å². The SMILES string of the molecule is CCCN(CC1CCCCO1)S(=O)(=O)c1cccc(F)c1. The molecule has 21 heavy (non-hydrogen) atoms. The van der Waals surface area contributed by atoms with Gasteiger partial charge in [-0.3, -0.25) is 0 Å². The lowest BCUT2D eigenvalue weighted by Gasteiger charge is -2.29. The fraction of sp³-hybridized carbons (Fsp3) is 0.600. The van der Waals surface area contributed by atoms with E-state index in [0.29, 0.717) is 26.1 Å². The van der Waals surface area contributed by atoms with Gasteiger partial charge in [0.15, 0.2) is 0 Å². The minimum absolute atomic E-state index is 0.00626. The van der Waals surface area contributed by atoms with Crippen molar-refractivity contribution in [1.82, 2.24) is 4.31 Å². The zero-order valence-electron chi connectivity index (χ0n) is 12.3. The van der Waals surface area contributed by atoms with E-state index < -0.39 is 15.8 Å². The minimum atomic E-state index is -3.67. The van der Waals surface area contributed by atoms with Crippen LogP contribution in [-0.2, 0) is 14.8 Å². The van der Waals surface area contributed by atoms with Crippen LogP contribution in [0.3, 0.4) is 0 Å². The van der Waals surface area contributed by atoms with Crippen LogP contribution in [0.5, 0.6) is 0 Å². The fourth-order valence-corrected chi connectivity index (χ4v) is 4.11. The molecular formula is C15H22FNO3S. The van der Waals surface area contributed by atoms with Gasteiger partial charge in [0, 0.05) is 19.7 Å². The molecule has 1 heterocycles. The zero-order chi connectivity index (χ0) is 15.3. The highest BCUT2D eigenvalue weighted by atomic mass is 32.2. The van der Waals surface area contributed by atoms with E-state index in [1.165, 1.54) is 22.5 Å². The normalized spacial score (nSPS) is 19.9.